The zero-order valence-electron chi connectivity index (χ0n) is 11.0. The van der Waals surface area contributed by atoms with Gasteiger partial charge in [-0.2, -0.15) is 0 Å². The van der Waals surface area contributed by atoms with E-state index in [1.54, 1.807) is 0 Å². The van der Waals surface area contributed by atoms with Crippen LogP contribution in [-0.2, 0) is 6.54 Å². The zero-order chi connectivity index (χ0) is 13.1. The average Bonchev–Trinajstić information content (AvgIpc) is 2.34. The summed E-state index contributed by atoms with van der Waals surface area (Å²) in [5.41, 5.74) is 1.23. The molecule has 0 unspecified atom stereocenters. The van der Waals surface area contributed by atoms with Gasteiger partial charge in [-0.3, -0.25) is 4.90 Å². The lowest BCUT2D eigenvalue weighted by Crippen LogP contribution is -2.41. The van der Waals surface area contributed by atoms with E-state index in [1.165, 1.54) is 31.5 Å². The van der Waals surface area contributed by atoms with Crippen LogP contribution in [0.15, 0.2) is 18.2 Å². The van der Waals surface area contributed by atoms with Gasteiger partial charge in [-0.05, 0) is 57.7 Å². The largest absolute Gasteiger partial charge is 0.306 e. The van der Waals surface area contributed by atoms with Gasteiger partial charge in [0.15, 0.2) is 0 Å². The molecular weight excluding hydrogens is 267 g/mol. The molecule has 2 nitrogen and oxygen atoms in total. The molecule has 0 saturated carbocycles. The maximum atomic E-state index is 6.05. The van der Waals surface area contributed by atoms with Crippen molar-refractivity contribution in [3.63, 3.8) is 0 Å². The molecule has 1 aromatic rings. The van der Waals surface area contributed by atoms with Crippen molar-refractivity contribution in [2.45, 2.75) is 25.4 Å². The predicted molar refractivity (Wildman–Crippen MR) is 78.4 cm³/mol. The molecule has 1 fully saturated rings. The van der Waals surface area contributed by atoms with E-state index in [2.05, 4.69) is 30.0 Å². The molecule has 0 bridgehead atoms. The molecule has 0 amide bonds. The van der Waals surface area contributed by atoms with Crippen LogP contribution in [0.5, 0.6) is 0 Å². The highest BCUT2D eigenvalue weighted by molar-refractivity contribution is 6.42. The van der Waals surface area contributed by atoms with Gasteiger partial charge in [0, 0.05) is 12.6 Å². The molecule has 0 radical (unpaired) electrons. The van der Waals surface area contributed by atoms with Crippen molar-refractivity contribution in [3.05, 3.63) is 33.8 Å². The van der Waals surface area contributed by atoms with Crippen LogP contribution < -0.4 is 0 Å². The monoisotopic (exact) mass is 286 g/mol. The molecule has 0 atom stereocenters. The quantitative estimate of drug-likeness (QED) is 0.839. The minimum absolute atomic E-state index is 0.627. The van der Waals surface area contributed by atoms with Crippen molar-refractivity contribution < 1.29 is 0 Å². The van der Waals surface area contributed by atoms with E-state index in [-0.39, 0.29) is 0 Å². The minimum Gasteiger partial charge on any atom is -0.306 e. The third-order valence-electron chi connectivity index (χ3n) is 3.73. The summed E-state index contributed by atoms with van der Waals surface area (Å²) in [6.07, 6.45) is 2.49. The van der Waals surface area contributed by atoms with Gasteiger partial charge in [0.05, 0.1) is 10.0 Å². The van der Waals surface area contributed by atoms with Gasteiger partial charge in [0.25, 0.3) is 0 Å². The molecule has 4 heteroatoms. The van der Waals surface area contributed by atoms with Crippen LogP contribution in [-0.4, -0.2) is 43.0 Å². The molecular formula is C14H20Cl2N2. The number of likely N-dealkylation sites (tertiary alicyclic amines) is 1. The molecule has 1 aliphatic heterocycles. The third kappa shape index (κ3) is 3.61. The first-order valence-electron chi connectivity index (χ1n) is 6.39. The van der Waals surface area contributed by atoms with Crippen molar-refractivity contribution in [1.29, 1.82) is 0 Å². The number of piperidine rings is 1. The third-order valence-corrected chi connectivity index (χ3v) is 4.47. The summed E-state index contributed by atoms with van der Waals surface area (Å²) in [5.74, 6) is 0. The van der Waals surface area contributed by atoms with Crippen molar-refractivity contribution in [2.24, 2.45) is 0 Å². The van der Waals surface area contributed by atoms with Gasteiger partial charge in [0.2, 0.25) is 0 Å². The van der Waals surface area contributed by atoms with Crippen LogP contribution in [0.3, 0.4) is 0 Å². The summed E-state index contributed by atoms with van der Waals surface area (Å²) in [7, 11) is 4.38. The van der Waals surface area contributed by atoms with Crippen molar-refractivity contribution in [2.75, 3.05) is 27.2 Å². The molecule has 2 rings (SSSR count). The lowest BCUT2D eigenvalue weighted by Gasteiger charge is -2.35. The summed E-state index contributed by atoms with van der Waals surface area (Å²) in [5, 5.41) is 1.27. The van der Waals surface area contributed by atoms with E-state index < -0.39 is 0 Å². The highest BCUT2D eigenvalue weighted by Crippen LogP contribution is 2.24. The van der Waals surface area contributed by atoms with E-state index in [4.69, 9.17) is 23.2 Å². The second kappa shape index (κ2) is 6.25. The molecule has 0 aromatic heterocycles. The molecule has 1 aromatic carbocycles. The molecule has 1 aliphatic rings. The van der Waals surface area contributed by atoms with E-state index in [9.17, 15) is 0 Å². The summed E-state index contributed by atoms with van der Waals surface area (Å²) in [4.78, 5) is 4.82. The Balaban J connectivity index is 1.94. The van der Waals surface area contributed by atoms with E-state index in [1.807, 2.05) is 12.1 Å². The Morgan fingerprint density at radius 1 is 1.22 bits per heavy atom. The Morgan fingerprint density at radius 3 is 2.50 bits per heavy atom. The van der Waals surface area contributed by atoms with Crippen molar-refractivity contribution >= 4 is 23.2 Å². The lowest BCUT2D eigenvalue weighted by molar-refractivity contribution is 0.139. The Morgan fingerprint density at radius 2 is 1.89 bits per heavy atom. The number of hydrogen-bond acceptors (Lipinski definition) is 2. The molecule has 1 saturated heterocycles. The predicted octanol–water partition coefficient (Wildman–Crippen LogP) is 3.52. The number of nitrogens with zero attached hydrogens (tertiary/aromatic N) is 2. The highest BCUT2D eigenvalue weighted by Gasteiger charge is 2.20. The number of benzene rings is 1. The smallest absolute Gasteiger partial charge is 0.0595 e. The topological polar surface area (TPSA) is 6.48 Å². The van der Waals surface area contributed by atoms with Crippen LogP contribution in [0.4, 0.5) is 0 Å². The van der Waals surface area contributed by atoms with Crippen LogP contribution in [0.1, 0.15) is 18.4 Å². The number of hydrogen-bond donors (Lipinski definition) is 0. The first kappa shape index (κ1) is 14.1. The maximum absolute atomic E-state index is 6.05. The number of rotatable bonds is 3. The molecule has 18 heavy (non-hydrogen) atoms. The summed E-state index contributed by atoms with van der Waals surface area (Å²) >= 11 is 12.0. The maximum Gasteiger partial charge on any atom is 0.0595 e. The zero-order valence-corrected chi connectivity index (χ0v) is 12.5. The molecule has 0 N–H and O–H groups in total. The molecule has 0 spiro atoms. The van der Waals surface area contributed by atoms with Gasteiger partial charge < -0.3 is 4.90 Å². The molecule has 1 heterocycles. The Bertz CT molecular complexity index is 401. The van der Waals surface area contributed by atoms with Gasteiger partial charge in [-0.25, -0.2) is 0 Å². The Kier molecular flexibility index (Phi) is 4.91. The second-order valence-corrected chi connectivity index (χ2v) is 6.01. The van der Waals surface area contributed by atoms with Crippen LogP contribution in [0.2, 0.25) is 10.0 Å². The highest BCUT2D eigenvalue weighted by atomic mass is 35.5. The van der Waals surface area contributed by atoms with E-state index >= 15 is 0 Å². The first-order chi connectivity index (χ1) is 8.56. The SMILES string of the molecule is CN1CCC(N(C)Cc2ccc(Cl)c(Cl)c2)CC1. The average molecular weight is 287 g/mol. The number of halogens is 2. The summed E-state index contributed by atoms with van der Waals surface area (Å²) < 4.78 is 0. The lowest BCUT2D eigenvalue weighted by atomic mass is 10.0. The van der Waals surface area contributed by atoms with Gasteiger partial charge in [-0.15, -0.1) is 0 Å². The fourth-order valence-corrected chi connectivity index (χ4v) is 2.81. The van der Waals surface area contributed by atoms with Gasteiger partial charge in [0.1, 0.15) is 0 Å². The van der Waals surface area contributed by atoms with Crippen LogP contribution in [0, 0.1) is 0 Å². The van der Waals surface area contributed by atoms with E-state index in [0.29, 0.717) is 16.1 Å². The molecule has 100 valence electrons. The Labute approximate surface area is 119 Å². The fourth-order valence-electron chi connectivity index (χ4n) is 2.49. The Hall–Kier alpha value is -0.280. The van der Waals surface area contributed by atoms with Crippen LogP contribution >= 0.6 is 23.2 Å². The van der Waals surface area contributed by atoms with Crippen molar-refractivity contribution in [1.82, 2.24) is 9.80 Å². The molecule has 0 aliphatic carbocycles. The fraction of sp³-hybridized carbons (Fsp3) is 0.571. The summed E-state index contributed by atoms with van der Waals surface area (Å²) in [6.45, 7) is 3.32. The standard InChI is InChI=1S/C14H20Cl2N2/c1-17-7-5-12(6-8-17)18(2)10-11-3-4-13(15)14(16)9-11/h3-4,9,12H,5-8,10H2,1-2H3. The normalized spacial score (nSPS) is 18.5. The van der Waals surface area contributed by atoms with Crippen LogP contribution in [0.25, 0.3) is 0 Å². The van der Waals surface area contributed by atoms with Crippen molar-refractivity contribution in [3.8, 4) is 0 Å². The second-order valence-electron chi connectivity index (χ2n) is 5.20. The van der Waals surface area contributed by atoms with Gasteiger partial charge in [-0.1, -0.05) is 29.3 Å². The summed E-state index contributed by atoms with van der Waals surface area (Å²) in [6, 6.07) is 6.58. The van der Waals surface area contributed by atoms with Gasteiger partial charge >= 0.3 is 0 Å². The van der Waals surface area contributed by atoms with E-state index in [0.717, 1.165) is 6.54 Å². The first-order valence-corrected chi connectivity index (χ1v) is 7.14. The minimum atomic E-state index is 0.627.